The standard InChI is InChI=1S/C14H12ClN3OS/c15-11-8-6-10(7-9-11)13(19)16-14(20)18-17-12-4-2-1-3-5-12/h1-9,17H,(H2,16,18,19,20). The summed E-state index contributed by atoms with van der Waals surface area (Å²) in [5.74, 6) is -0.297. The lowest BCUT2D eigenvalue weighted by Gasteiger charge is -2.11. The summed E-state index contributed by atoms with van der Waals surface area (Å²) in [5.41, 5.74) is 6.95. The van der Waals surface area contributed by atoms with E-state index in [-0.39, 0.29) is 11.0 Å². The molecule has 2 aromatic carbocycles. The number of carbonyl (C=O) groups excluding carboxylic acids is 1. The second-order valence-corrected chi connectivity index (χ2v) is 4.75. The molecule has 0 spiro atoms. The number of benzene rings is 2. The van der Waals surface area contributed by atoms with Crippen molar-refractivity contribution in [3.05, 3.63) is 65.2 Å². The van der Waals surface area contributed by atoms with Crippen molar-refractivity contribution >= 4 is 40.5 Å². The largest absolute Gasteiger partial charge is 0.299 e. The van der Waals surface area contributed by atoms with Crippen molar-refractivity contribution in [2.45, 2.75) is 0 Å². The van der Waals surface area contributed by atoms with Crippen LogP contribution in [0.3, 0.4) is 0 Å². The molecule has 1 amide bonds. The van der Waals surface area contributed by atoms with Crippen molar-refractivity contribution < 1.29 is 4.79 Å². The van der Waals surface area contributed by atoms with Gasteiger partial charge in [-0.05, 0) is 48.6 Å². The Labute approximate surface area is 127 Å². The van der Waals surface area contributed by atoms with Gasteiger partial charge in [-0.25, -0.2) is 0 Å². The lowest BCUT2D eigenvalue weighted by molar-refractivity contribution is 0.0977. The summed E-state index contributed by atoms with van der Waals surface area (Å²) in [6.45, 7) is 0. The van der Waals surface area contributed by atoms with Crippen molar-refractivity contribution in [2.75, 3.05) is 5.43 Å². The molecule has 0 bridgehead atoms. The normalized spacial score (nSPS) is 9.65. The minimum absolute atomic E-state index is 0.189. The van der Waals surface area contributed by atoms with Gasteiger partial charge in [-0.1, -0.05) is 29.8 Å². The number of hydrogen-bond acceptors (Lipinski definition) is 3. The lowest BCUT2D eigenvalue weighted by atomic mass is 10.2. The first-order valence-electron chi connectivity index (χ1n) is 5.83. The van der Waals surface area contributed by atoms with Crippen molar-refractivity contribution in [3.8, 4) is 0 Å². The Balaban J connectivity index is 1.85. The van der Waals surface area contributed by atoms with Crippen LogP contribution in [0, 0.1) is 0 Å². The number of amides is 1. The van der Waals surface area contributed by atoms with E-state index in [1.54, 1.807) is 24.3 Å². The highest BCUT2D eigenvalue weighted by molar-refractivity contribution is 7.80. The molecule has 0 aliphatic carbocycles. The number of hydrazine groups is 1. The van der Waals surface area contributed by atoms with Gasteiger partial charge < -0.3 is 0 Å². The summed E-state index contributed by atoms with van der Waals surface area (Å²) in [4.78, 5) is 11.9. The number of rotatable bonds is 3. The van der Waals surface area contributed by atoms with E-state index in [4.69, 9.17) is 23.8 Å². The van der Waals surface area contributed by atoms with Gasteiger partial charge in [-0.3, -0.25) is 21.0 Å². The van der Waals surface area contributed by atoms with Crippen LogP contribution in [0.1, 0.15) is 10.4 Å². The van der Waals surface area contributed by atoms with Crippen molar-refractivity contribution in [1.29, 1.82) is 0 Å². The van der Waals surface area contributed by atoms with Gasteiger partial charge in [0.2, 0.25) is 0 Å². The van der Waals surface area contributed by atoms with Crippen molar-refractivity contribution in [3.63, 3.8) is 0 Å². The number of hydrogen-bond donors (Lipinski definition) is 3. The fourth-order valence-corrected chi connectivity index (χ4v) is 1.73. The average molecular weight is 306 g/mol. The van der Waals surface area contributed by atoms with Gasteiger partial charge in [0.25, 0.3) is 5.91 Å². The Morgan fingerprint density at radius 3 is 2.30 bits per heavy atom. The zero-order chi connectivity index (χ0) is 14.4. The molecule has 20 heavy (non-hydrogen) atoms. The number of thiocarbonyl (C=S) groups is 1. The van der Waals surface area contributed by atoms with Crippen LogP contribution in [-0.4, -0.2) is 11.0 Å². The summed E-state index contributed by atoms with van der Waals surface area (Å²) in [5, 5.41) is 3.33. The minimum Gasteiger partial charge on any atom is -0.299 e. The van der Waals surface area contributed by atoms with E-state index in [9.17, 15) is 4.79 Å². The zero-order valence-corrected chi connectivity index (χ0v) is 12.0. The predicted octanol–water partition coefficient (Wildman–Crippen LogP) is 2.97. The molecule has 0 unspecified atom stereocenters. The molecule has 0 aromatic heterocycles. The topological polar surface area (TPSA) is 53.2 Å². The molecule has 2 rings (SSSR count). The lowest BCUT2D eigenvalue weighted by Crippen LogP contribution is -2.41. The van der Waals surface area contributed by atoms with Gasteiger partial charge in [-0.15, -0.1) is 0 Å². The Bertz CT molecular complexity index is 602. The Morgan fingerprint density at radius 1 is 1.00 bits per heavy atom. The van der Waals surface area contributed by atoms with E-state index in [0.717, 1.165) is 5.69 Å². The molecule has 0 aliphatic rings. The SMILES string of the molecule is O=C(NC(=S)NNc1ccccc1)c1ccc(Cl)cc1. The molecule has 0 saturated carbocycles. The Hall–Kier alpha value is -2.11. The van der Waals surface area contributed by atoms with Crippen LogP contribution in [0.2, 0.25) is 5.02 Å². The summed E-state index contributed by atoms with van der Waals surface area (Å²) in [6, 6.07) is 16.0. The van der Waals surface area contributed by atoms with Crippen LogP contribution in [-0.2, 0) is 0 Å². The highest BCUT2D eigenvalue weighted by atomic mass is 35.5. The molecule has 0 fully saturated rings. The summed E-state index contributed by atoms with van der Waals surface area (Å²) >= 11 is 10.8. The highest BCUT2D eigenvalue weighted by Crippen LogP contribution is 2.09. The Morgan fingerprint density at radius 2 is 1.65 bits per heavy atom. The first-order chi connectivity index (χ1) is 9.65. The molecule has 102 valence electrons. The first-order valence-corrected chi connectivity index (χ1v) is 6.62. The van der Waals surface area contributed by atoms with E-state index < -0.39 is 0 Å². The molecular formula is C14H12ClN3OS. The zero-order valence-electron chi connectivity index (χ0n) is 10.4. The molecule has 0 atom stereocenters. The van der Waals surface area contributed by atoms with E-state index in [0.29, 0.717) is 10.6 Å². The van der Waals surface area contributed by atoms with E-state index >= 15 is 0 Å². The third-order valence-electron chi connectivity index (χ3n) is 2.43. The summed E-state index contributed by atoms with van der Waals surface area (Å²) < 4.78 is 0. The number of para-hydroxylation sites is 1. The fraction of sp³-hybridized carbons (Fsp3) is 0. The molecule has 6 heteroatoms. The average Bonchev–Trinajstić information content (AvgIpc) is 2.47. The molecule has 0 radical (unpaired) electrons. The molecule has 2 aromatic rings. The van der Waals surface area contributed by atoms with E-state index in [2.05, 4.69) is 16.2 Å². The van der Waals surface area contributed by atoms with Crippen LogP contribution in [0.5, 0.6) is 0 Å². The smallest absolute Gasteiger partial charge is 0.257 e. The molecule has 0 aliphatic heterocycles. The third kappa shape index (κ3) is 4.22. The number of anilines is 1. The summed E-state index contributed by atoms with van der Waals surface area (Å²) in [6.07, 6.45) is 0. The van der Waals surface area contributed by atoms with Crippen LogP contribution < -0.4 is 16.2 Å². The molecule has 3 N–H and O–H groups in total. The van der Waals surface area contributed by atoms with Crippen LogP contribution in [0.15, 0.2) is 54.6 Å². The van der Waals surface area contributed by atoms with Crippen molar-refractivity contribution in [1.82, 2.24) is 10.7 Å². The third-order valence-corrected chi connectivity index (χ3v) is 2.88. The maximum atomic E-state index is 11.9. The second-order valence-electron chi connectivity index (χ2n) is 3.91. The first kappa shape index (κ1) is 14.3. The van der Waals surface area contributed by atoms with Gasteiger partial charge in [0.1, 0.15) is 0 Å². The van der Waals surface area contributed by atoms with Gasteiger partial charge >= 0.3 is 0 Å². The van der Waals surface area contributed by atoms with Gasteiger partial charge in [0.05, 0.1) is 5.69 Å². The molecule has 0 heterocycles. The number of nitrogens with one attached hydrogen (secondary N) is 3. The fourth-order valence-electron chi connectivity index (χ4n) is 1.46. The van der Waals surface area contributed by atoms with Gasteiger partial charge in [-0.2, -0.15) is 0 Å². The van der Waals surface area contributed by atoms with Gasteiger partial charge in [0, 0.05) is 10.6 Å². The molecule has 0 saturated heterocycles. The minimum atomic E-state index is -0.297. The number of carbonyl (C=O) groups is 1. The maximum Gasteiger partial charge on any atom is 0.257 e. The van der Waals surface area contributed by atoms with Crippen LogP contribution in [0.4, 0.5) is 5.69 Å². The van der Waals surface area contributed by atoms with Crippen LogP contribution >= 0.6 is 23.8 Å². The summed E-state index contributed by atoms with van der Waals surface area (Å²) in [7, 11) is 0. The van der Waals surface area contributed by atoms with Crippen molar-refractivity contribution in [2.24, 2.45) is 0 Å². The number of halogens is 1. The van der Waals surface area contributed by atoms with E-state index in [1.807, 2.05) is 30.3 Å². The maximum absolute atomic E-state index is 11.9. The van der Waals surface area contributed by atoms with Gasteiger partial charge in [0.15, 0.2) is 5.11 Å². The Kier molecular flexibility index (Phi) is 4.92. The predicted molar refractivity (Wildman–Crippen MR) is 84.7 cm³/mol. The molecule has 4 nitrogen and oxygen atoms in total. The monoisotopic (exact) mass is 305 g/mol. The van der Waals surface area contributed by atoms with Crippen LogP contribution in [0.25, 0.3) is 0 Å². The second kappa shape index (κ2) is 6.88. The van der Waals surface area contributed by atoms with E-state index in [1.165, 1.54) is 0 Å². The molecular weight excluding hydrogens is 294 g/mol. The quantitative estimate of drug-likeness (QED) is 0.603. The highest BCUT2D eigenvalue weighted by Gasteiger charge is 2.07.